The molecular weight excluding hydrogens is 427 g/mol. The van der Waals surface area contributed by atoms with Gasteiger partial charge < -0.3 is 9.84 Å². The molecule has 2 aliphatic rings. The Balaban J connectivity index is 1.59. The highest BCUT2D eigenvalue weighted by Gasteiger charge is 2.60. The monoisotopic (exact) mass is 448 g/mol. The van der Waals surface area contributed by atoms with E-state index in [0.717, 1.165) is 4.90 Å². The van der Waals surface area contributed by atoms with Crippen molar-refractivity contribution in [3.63, 3.8) is 0 Å². The molecule has 0 radical (unpaired) electrons. The Labute approximate surface area is 189 Å². The van der Waals surface area contributed by atoms with Crippen molar-refractivity contribution in [3.05, 3.63) is 84.2 Å². The standard InChI is InChI=1S/C25H21FN2O5/c1-2-32-20-14-15(8-13-19(20)29)22-21-23(33-28(22)18-6-4-3-5-7-18)25(31)27(24(21)30)17-11-9-16(26)10-12-17/h3-14,21-23,29H,2H2,1H3/t21-,22+,23+/m0/s1. The first-order valence-electron chi connectivity index (χ1n) is 10.6. The lowest BCUT2D eigenvalue weighted by atomic mass is 9.90. The largest absolute Gasteiger partial charge is 0.504 e. The van der Waals surface area contributed by atoms with Crippen molar-refractivity contribution in [2.24, 2.45) is 5.92 Å². The van der Waals surface area contributed by atoms with Crippen molar-refractivity contribution < 1.29 is 28.7 Å². The summed E-state index contributed by atoms with van der Waals surface area (Å²) in [5.74, 6) is -2.01. The molecule has 0 aliphatic carbocycles. The fourth-order valence-corrected chi connectivity index (χ4v) is 4.38. The first-order chi connectivity index (χ1) is 16.0. The summed E-state index contributed by atoms with van der Waals surface area (Å²) < 4.78 is 18.9. The summed E-state index contributed by atoms with van der Waals surface area (Å²) in [7, 11) is 0. The molecule has 3 aromatic rings. The topological polar surface area (TPSA) is 79.3 Å². The van der Waals surface area contributed by atoms with Crippen LogP contribution in [0.3, 0.4) is 0 Å². The predicted octanol–water partition coefficient (Wildman–Crippen LogP) is 3.98. The zero-order chi connectivity index (χ0) is 23.1. The summed E-state index contributed by atoms with van der Waals surface area (Å²) in [6.45, 7) is 2.15. The number of aromatic hydroxyl groups is 1. The molecule has 7 nitrogen and oxygen atoms in total. The third-order valence-electron chi connectivity index (χ3n) is 5.84. The summed E-state index contributed by atoms with van der Waals surface area (Å²) >= 11 is 0. The van der Waals surface area contributed by atoms with Crippen LogP contribution in [-0.2, 0) is 14.4 Å². The number of halogens is 1. The number of benzene rings is 3. The molecule has 1 N–H and O–H groups in total. The lowest BCUT2D eigenvalue weighted by Crippen LogP contribution is -2.37. The van der Waals surface area contributed by atoms with Gasteiger partial charge in [-0.3, -0.25) is 14.4 Å². The number of carbonyl (C=O) groups is 2. The van der Waals surface area contributed by atoms with Gasteiger partial charge in [0.15, 0.2) is 17.6 Å². The van der Waals surface area contributed by atoms with Crippen LogP contribution in [0.2, 0.25) is 0 Å². The number of rotatable bonds is 5. The summed E-state index contributed by atoms with van der Waals surface area (Å²) in [6, 6.07) is 18.5. The van der Waals surface area contributed by atoms with Gasteiger partial charge in [-0.05, 0) is 61.0 Å². The van der Waals surface area contributed by atoms with Gasteiger partial charge in [-0.25, -0.2) is 14.4 Å². The Bertz CT molecular complexity index is 1200. The van der Waals surface area contributed by atoms with Gasteiger partial charge in [0.05, 0.1) is 24.0 Å². The van der Waals surface area contributed by atoms with E-state index in [0.29, 0.717) is 17.9 Å². The molecule has 168 valence electrons. The second kappa shape index (κ2) is 8.22. The minimum atomic E-state index is -1.04. The van der Waals surface area contributed by atoms with E-state index in [1.54, 1.807) is 24.1 Å². The van der Waals surface area contributed by atoms with Crippen molar-refractivity contribution in [3.8, 4) is 11.5 Å². The number of hydroxylamine groups is 1. The third kappa shape index (κ3) is 3.48. The van der Waals surface area contributed by atoms with Gasteiger partial charge in [0, 0.05) is 0 Å². The van der Waals surface area contributed by atoms with Gasteiger partial charge in [0.2, 0.25) is 5.91 Å². The van der Waals surface area contributed by atoms with Crippen molar-refractivity contribution in [1.29, 1.82) is 0 Å². The van der Waals surface area contributed by atoms with Gasteiger partial charge in [-0.1, -0.05) is 24.3 Å². The number of fused-ring (bicyclic) bond motifs is 1. The Morgan fingerprint density at radius 2 is 1.70 bits per heavy atom. The maximum Gasteiger partial charge on any atom is 0.266 e. The maximum atomic E-state index is 13.5. The van der Waals surface area contributed by atoms with Crippen LogP contribution in [0.5, 0.6) is 11.5 Å². The molecule has 0 aromatic heterocycles. The Morgan fingerprint density at radius 3 is 2.39 bits per heavy atom. The molecule has 2 saturated heterocycles. The second-order valence-corrected chi connectivity index (χ2v) is 7.81. The maximum absolute atomic E-state index is 13.5. The summed E-state index contributed by atoms with van der Waals surface area (Å²) in [4.78, 5) is 33.9. The quantitative estimate of drug-likeness (QED) is 0.595. The molecule has 0 spiro atoms. The second-order valence-electron chi connectivity index (χ2n) is 7.81. The van der Waals surface area contributed by atoms with E-state index in [1.165, 1.54) is 30.3 Å². The number of hydrogen-bond acceptors (Lipinski definition) is 6. The molecule has 0 unspecified atom stereocenters. The molecule has 2 fully saturated rings. The van der Waals surface area contributed by atoms with E-state index in [9.17, 15) is 19.1 Å². The molecule has 2 amide bonds. The lowest BCUT2D eigenvalue weighted by Gasteiger charge is -2.29. The molecule has 5 rings (SSSR count). The van der Waals surface area contributed by atoms with Crippen molar-refractivity contribution in [2.75, 3.05) is 16.6 Å². The highest BCUT2D eigenvalue weighted by atomic mass is 19.1. The van der Waals surface area contributed by atoms with Crippen LogP contribution in [0.15, 0.2) is 72.8 Å². The number of ether oxygens (including phenoxy) is 1. The van der Waals surface area contributed by atoms with Crippen LogP contribution in [0.25, 0.3) is 0 Å². The predicted molar refractivity (Wildman–Crippen MR) is 118 cm³/mol. The van der Waals surface area contributed by atoms with Crippen molar-refractivity contribution in [2.45, 2.75) is 19.1 Å². The Morgan fingerprint density at radius 1 is 0.970 bits per heavy atom. The average molecular weight is 448 g/mol. The van der Waals surface area contributed by atoms with Gasteiger partial charge >= 0.3 is 0 Å². The number of hydrogen-bond donors (Lipinski definition) is 1. The molecule has 33 heavy (non-hydrogen) atoms. The zero-order valence-corrected chi connectivity index (χ0v) is 17.7. The minimum absolute atomic E-state index is 0.0240. The number of amides is 2. The molecule has 2 heterocycles. The number of carbonyl (C=O) groups excluding carboxylic acids is 2. The average Bonchev–Trinajstić information content (AvgIpc) is 3.33. The van der Waals surface area contributed by atoms with Crippen LogP contribution in [0.1, 0.15) is 18.5 Å². The zero-order valence-electron chi connectivity index (χ0n) is 17.7. The lowest BCUT2D eigenvalue weighted by molar-refractivity contribution is -0.126. The molecule has 3 atom stereocenters. The first-order valence-corrected chi connectivity index (χ1v) is 10.6. The minimum Gasteiger partial charge on any atom is -0.504 e. The molecular formula is C25H21FN2O5. The molecule has 0 saturated carbocycles. The van der Waals surface area contributed by atoms with Crippen molar-refractivity contribution in [1.82, 2.24) is 0 Å². The van der Waals surface area contributed by atoms with Crippen LogP contribution in [-0.4, -0.2) is 29.6 Å². The molecule has 0 bridgehead atoms. The number of phenolic OH excluding ortho intramolecular Hbond substituents is 1. The number of phenols is 1. The van der Waals surface area contributed by atoms with Gasteiger partial charge in [-0.15, -0.1) is 0 Å². The van der Waals surface area contributed by atoms with Crippen LogP contribution < -0.4 is 14.7 Å². The van der Waals surface area contributed by atoms with Gasteiger partial charge in [0.25, 0.3) is 5.91 Å². The number of anilines is 2. The summed E-state index contributed by atoms with van der Waals surface area (Å²) in [5, 5.41) is 11.7. The number of imide groups is 1. The van der Waals surface area contributed by atoms with Crippen LogP contribution in [0.4, 0.5) is 15.8 Å². The first kappa shape index (κ1) is 21.0. The smallest absolute Gasteiger partial charge is 0.266 e. The van der Waals surface area contributed by atoms with Gasteiger partial charge in [-0.2, -0.15) is 0 Å². The SMILES string of the molecule is CCOc1cc([C@@H]2[C@@H]3C(=O)N(c4ccc(F)cc4)C(=O)[C@@H]3ON2c2ccccc2)ccc1O. The van der Waals surface area contributed by atoms with E-state index < -0.39 is 35.7 Å². The number of para-hydroxylation sites is 1. The molecule has 2 aliphatic heterocycles. The Hall–Kier alpha value is -3.91. The van der Waals surface area contributed by atoms with Crippen LogP contribution >= 0.6 is 0 Å². The highest BCUT2D eigenvalue weighted by molar-refractivity contribution is 6.23. The normalized spacial score (nSPS) is 22.1. The third-order valence-corrected chi connectivity index (χ3v) is 5.84. The highest BCUT2D eigenvalue weighted by Crippen LogP contribution is 2.48. The Kier molecular flexibility index (Phi) is 5.22. The fourth-order valence-electron chi connectivity index (χ4n) is 4.38. The van der Waals surface area contributed by atoms with Crippen LogP contribution in [0, 0.1) is 11.7 Å². The summed E-state index contributed by atoms with van der Waals surface area (Å²) in [5.41, 5.74) is 1.61. The van der Waals surface area contributed by atoms with Crippen molar-refractivity contribution >= 4 is 23.2 Å². The molecule has 8 heteroatoms. The number of nitrogens with zero attached hydrogens (tertiary/aromatic N) is 2. The van der Waals surface area contributed by atoms with E-state index in [-0.39, 0.29) is 17.2 Å². The molecule has 3 aromatic carbocycles. The van der Waals surface area contributed by atoms with E-state index in [2.05, 4.69) is 0 Å². The fraction of sp³-hybridized carbons (Fsp3) is 0.200. The van der Waals surface area contributed by atoms with E-state index >= 15 is 0 Å². The van der Waals surface area contributed by atoms with Gasteiger partial charge in [0.1, 0.15) is 11.7 Å². The van der Waals surface area contributed by atoms with E-state index in [1.807, 2.05) is 30.3 Å². The summed E-state index contributed by atoms with van der Waals surface area (Å²) in [6.07, 6.45) is -1.04. The van der Waals surface area contributed by atoms with E-state index in [4.69, 9.17) is 9.57 Å².